The molecule has 5 atom stereocenters. The molecule has 9 nitrogen and oxygen atoms in total. The van der Waals surface area contributed by atoms with Crippen LogP contribution in [0, 0.1) is 160 Å². The number of aromatic nitrogens is 2. The highest BCUT2D eigenvalue weighted by Gasteiger charge is 2.33. The number of carbonyl (C=O) groups is 2. The number of nitrogens with zero attached hydrogens (tertiary/aromatic N) is 4. The second-order valence-electron chi connectivity index (χ2n) is 49.6. The fourth-order valence-electron chi connectivity index (χ4n) is 18.4. The lowest BCUT2D eigenvalue weighted by Crippen LogP contribution is -2.30. The van der Waals surface area contributed by atoms with Gasteiger partial charge in [-0.25, -0.2) is 4.98 Å². The van der Waals surface area contributed by atoms with E-state index >= 15 is 0 Å². The molecule has 3 saturated carbocycles. The molecule has 764 valence electrons. The number of benzene rings is 1. The largest absolute Gasteiger partial charge is 0.378 e. The third-order valence-corrected chi connectivity index (χ3v) is 29.8. The molecule has 2 amide bonds. The van der Waals surface area contributed by atoms with Gasteiger partial charge in [-0.15, -0.1) is 11.3 Å². The summed E-state index contributed by atoms with van der Waals surface area (Å²) in [5, 5.41) is 10.5. The summed E-state index contributed by atoms with van der Waals surface area (Å²) in [6.07, 6.45) is 35.3. The van der Waals surface area contributed by atoms with E-state index in [2.05, 4.69) is 339 Å². The Labute approximate surface area is 821 Å². The molecule has 4 aliphatic carbocycles. The van der Waals surface area contributed by atoms with Crippen molar-refractivity contribution in [2.24, 2.45) is 160 Å². The molecule has 0 radical (unpaired) electrons. The van der Waals surface area contributed by atoms with E-state index in [1.54, 1.807) is 16.7 Å². The first-order valence-electron chi connectivity index (χ1n) is 55.2. The van der Waals surface area contributed by atoms with E-state index < -0.39 is 0 Å². The van der Waals surface area contributed by atoms with Crippen LogP contribution in [0.25, 0.3) is 0 Å². The lowest BCUT2D eigenvalue weighted by molar-refractivity contribution is -0.131. The molecule has 130 heavy (non-hydrogen) atoms. The van der Waals surface area contributed by atoms with Crippen molar-refractivity contribution in [3.05, 3.63) is 68.5 Å². The highest BCUT2D eigenvalue weighted by atomic mass is 32.2. The van der Waals surface area contributed by atoms with Crippen LogP contribution in [0.5, 0.6) is 0 Å². The van der Waals surface area contributed by atoms with Gasteiger partial charge in [0.1, 0.15) is 5.76 Å². The Balaban J connectivity index is 0.00000142. The zero-order valence-corrected chi connectivity index (χ0v) is 96.0. The third-order valence-electron chi connectivity index (χ3n) is 27.4. The van der Waals surface area contributed by atoms with Gasteiger partial charge in [-0.2, -0.15) is 11.8 Å². The van der Waals surface area contributed by atoms with E-state index in [1.165, 1.54) is 170 Å². The first-order valence-corrected chi connectivity index (χ1v) is 57.2. The predicted octanol–water partition coefficient (Wildman–Crippen LogP) is 34.8. The Bertz CT molecular complexity index is 3070. The molecule has 0 spiro atoms. The van der Waals surface area contributed by atoms with Gasteiger partial charge >= 0.3 is 0 Å². The van der Waals surface area contributed by atoms with E-state index in [9.17, 15) is 9.59 Å². The van der Waals surface area contributed by atoms with Crippen molar-refractivity contribution in [3.63, 3.8) is 0 Å². The van der Waals surface area contributed by atoms with Gasteiger partial charge in [0.25, 0.3) is 0 Å². The van der Waals surface area contributed by atoms with Crippen molar-refractivity contribution < 1.29 is 18.8 Å². The maximum Gasteiger partial charge on any atom is 0.222 e. The first kappa shape index (κ1) is 127. The second kappa shape index (κ2) is 72.5. The molecule has 4 heterocycles. The van der Waals surface area contributed by atoms with Crippen LogP contribution < -0.4 is 5.32 Å². The number of carbonyl (C=O) groups excluding carboxylic acids is 2. The van der Waals surface area contributed by atoms with Gasteiger partial charge in [-0.1, -0.05) is 332 Å². The van der Waals surface area contributed by atoms with Crippen molar-refractivity contribution in [1.29, 1.82) is 0 Å². The average molecular weight is 1860 g/mol. The van der Waals surface area contributed by atoms with E-state index in [1.807, 2.05) is 16.2 Å². The van der Waals surface area contributed by atoms with E-state index in [0.717, 1.165) is 188 Å². The van der Waals surface area contributed by atoms with Gasteiger partial charge in [0.15, 0.2) is 0 Å². The van der Waals surface area contributed by atoms with Gasteiger partial charge in [0, 0.05) is 63.5 Å². The maximum atomic E-state index is 11.7. The molecular weight excluding hydrogens is 1630 g/mol. The zero-order chi connectivity index (χ0) is 99.0. The van der Waals surface area contributed by atoms with E-state index in [4.69, 9.17) is 9.26 Å². The maximum absolute atomic E-state index is 11.7. The number of likely N-dealkylation sites (tertiary alicyclic amines) is 2. The number of thiazole rings is 1. The van der Waals surface area contributed by atoms with Crippen molar-refractivity contribution >= 4 is 34.9 Å². The molecule has 2 saturated heterocycles. The lowest BCUT2D eigenvalue weighted by atomic mass is 9.67. The fourth-order valence-corrected chi connectivity index (χ4v) is 20.2. The van der Waals surface area contributed by atoms with E-state index in [0.29, 0.717) is 72.2 Å². The van der Waals surface area contributed by atoms with Crippen LogP contribution in [0.4, 0.5) is 0 Å². The van der Waals surface area contributed by atoms with Gasteiger partial charge < -0.3 is 24.4 Å². The summed E-state index contributed by atoms with van der Waals surface area (Å²) in [5.74, 6) is 27.2. The lowest BCUT2D eigenvalue weighted by Gasteiger charge is -2.38. The van der Waals surface area contributed by atoms with Gasteiger partial charge in [-0.05, 0) is 329 Å². The van der Waals surface area contributed by atoms with Crippen LogP contribution in [0.3, 0.4) is 0 Å². The normalized spacial score (nSPS) is 20.2. The highest BCUT2D eigenvalue weighted by molar-refractivity contribution is 7.99. The minimum atomic E-state index is 0.186. The molecule has 11 heteroatoms. The van der Waals surface area contributed by atoms with Crippen LogP contribution in [0.1, 0.15) is 457 Å². The Hall–Kier alpha value is -2.73. The summed E-state index contributed by atoms with van der Waals surface area (Å²) in [5.41, 5.74) is 7.22. The SMILES string of the molecule is CC(C)CC(=O)N1CCC(C(C)C)C1.CC(C)CC1CCC(C(C)C)CC1.CC(C)CCC1CC(C(C)C)C1.CC(C)CCCSCC(C)C.CC(C)CCN1CCC(C(C)C)C1.CC(C)CCNC(=O)CC(C)C.CC(C)CCc1nc(CC(C)C)cs1.CC(C)COC1CCC(C(C)C)C1.CC(C)Cc1cc(CC(C)C)on1.CC(C)c1cccc2c1CC(C(C)C)C2. The van der Waals surface area contributed by atoms with Crippen LogP contribution in [0.15, 0.2) is 34.2 Å². The molecule has 0 bridgehead atoms. The fraction of sp³-hybridized carbons (Fsp3) is 0.882. The van der Waals surface area contributed by atoms with Crippen LogP contribution in [-0.2, 0) is 52.9 Å². The van der Waals surface area contributed by atoms with Gasteiger partial charge in [-0.3, -0.25) is 9.59 Å². The minimum absolute atomic E-state index is 0.186. The van der Waals surface area contributed by atoms with Crippen LogP contribution >= 0.6 is 23.1 Å². The number of thioether (sulfide) groups is 1. The smallest absolute Gasteiger partial charge is 0.222 e. The van der Waals surface area contributed by atoms with Gasteiger partial charge in [0.05, 0.1) is 22.5 Å². The van der Waals surface area contributed by atoms with Crippen molar-refractivity contribution in [2.45, 2.75) is 462 Å². The summed E-state index contributed by atoms with van der Waals surface area (Å²) in [6, 6.07) is 8.95. The zero-order valence-electron chi connectivity index (χ0n) is 94.3. The van der Waals surface area contributed by atoms with Crippen molar-refractivity contribution in [2.75, 3.05) is 57.4 Å². The Morgan fingerprint density at radius 2 is 1.01 bits per heavy atom. The van der Waals surface area contributed by atoms with Crippen LogP contribution in [0.2, 0.25) is 0 Å². The molecule has 1 aromatic carbocycles. The average Bonchev–Trinajstić information content (AvgIpc) is 1.66. The number of fused-ring (bicyclic) bond motifs is 1. The molecule has 5 fully saturated rings. The highest BCUT2D eigenvalue weighted by Crippen LogP contribution is 2.43. The molecule has 5 unspecified atom stereocenters. The summed E-state index contributed by atoms with van der Waals surface area (Å²) >= 11 is 3.93. The Morgan fingerprint density at radius 3 is 1.48 bits per heavy atom. The Kier molecular flexibility index (Phi) is 71.0. The molecule has 2 aliphatic heterocycles. The standard InChI is InChI=1S/C15H22.C13H26.C12H23NO.C12H21NS.C12H25N.C12H24O.C12H24.C11H19NO.C10H21NO.C10H22S/c1-10(2)13-8-12-6-5-7-14(11(3)4)15(12)9-13;1-10(2)9-12-5-7-13(8-6-12)11(3)4;1-9(2)7-12(14)13-6-5-11(8-13)10(3)4;1-9(2)5-6-12-13-11(8-14-12)7-10(3)4;1-10(2)5-7-13-8-6-12(9-13)11(3)4;1-9(2)8-13-12-6-5-11(7-12)10(3)4;1-9(2)5-6-11-7-12(8-11)10(3)4;1-8(2)5-10-7-11(13-12-10)6-9(3)4;1-8(2)5-6-11-10(12)7-9(3)4;1-9(2)6-5-7-11-8-10(3)4/h5-7,10-11,13H,8-9H2,1-4H3;10-13H,5-9H2,1-4H3;9-11H,5-8H2,1-4H3;8-10H,5-7H2,1-4H3;10-12H,5-9H2,1-4H3;9-12H,5-8H2,1-4H3;9-12H,5-8H2,1-4H3;7-9H,5-6H2,1-4H3;8-9H,5-7H2,1-4H3,(H,11,12);9-10H,5-8H2,1-4H3. The third kappa shape index (κ3) is 65.2. The first-order chi connectivity index (χ1) is 60.8. The molecule has 1 N–H and O–H groups in total. The molecular formula is C119H227N5O4S2. The number of amides is 2. The molecule has 3 aromatic rings. The molecule has 2 aromatic heterocycles. The van der Waals surface area contributed by atoms with Crippen LogP contribution in [-0.4, -0.2) is 95.2 Å². The van der Waals surface area contributed by atoms with Crippen molar-refractivity contribution in [1.82, 2.24) is 25.3 Å². The molecule has 6 aliphatic rings. The summed E-state index contributed by atoms with van der Waals surface area (Å²) in [7, 11) is 0. The van der Waals surface area contributed by atoms with Crippen molar-refractivity contribution in [3.8, 4) is 0 Å². The summed E-state index contributed by atoms with van der Waals surface area (Å²) in [4.78, 5) is 32.2. The minimum Gasteiger partial charge on any atom is -0.378 e. The number of rotatable bonds is 40. The van der Waals surface area contributed by atoms with E-state index in [-0.39, 0.29) is 5.91 Å². The number of aryl methyl sites for hydroxylation is 1. The second-order valence-corrected chi connectivity index (χ2v) is 51.7. The quantitative estimate of drug-likeness (QED) is 0.0562. The number of nitrogens with one attached hydrogen (secondary N) is 1. The summed E-state index contributed by atoms with van der Waals surface area (Å²) in [6.45, 7) is 98.5. The predicted molar refractivity (Wildman–Crippen MR) is 581 cm³/mol. The number of hydrogen-bond acceptors (Lipinski definition) is 9. The van der Waals surface area contributed by atoms with Gasteiger partial charge in [0.2, 0.25) is 11.8 Å². The topological polar surface area (TPSA) is 101 Å². The molecule has 9 rings (SSSR count). The monoisotopic (exact) mass is 1850 g/mol. The number of hydrogen-bond donors (Lipinski definition) is 1. The Morgan fingerprint density at radius 1 is 0.477 bits per heavy atom. The number of ether oxygens (including phenoxy) is 1. The summed E-state index contributed by atoms with van der Waals surface area (Å²) < 4.78 is 11.1.